The Morgan fingerprint density at radius 2 is 1.81 bits per heavy atom. The predicted octanol–water partition coefficient (Wildman–Crippen LogP) is 2.69. The highest BCUT2D eigenvalue weighted by atomic mass is 32.2. The van der Waals surface area contributed by atoms with Gasteiger partial charge in [-0.2, -0.15) is 0 Å². The van der Waals surface area contributed by atoms with Gasteiger partial charge >= 0.3 is 6.03 Å². The van der Waals surface area contributed by atoms with E-state index in [2.05, 4.69) is 26.9 Å². The van der Waals surface area contributed by atoms with Gasteiger partial charge < -0.3 is 15.9 Å². The van der Waals surface area contributed by atoms with Crippen molar-refractivity contribution in [3.8, 4) is 5.75 Å². The molecule has 3 rings (SSSR count). The molecule has 168 valence electrons. The first kappa shape index (κ1) is 23.1. The minimum Gasteiger partial charge on any atom is -0.486 e. The van der Waals surface area contributed by atoms with E-state index in [-0.39, 0.29) is 6.61 Å². The molecular formula is C22H26N6O3S. The Labute approximate surface area is 190 Å². The summed E-state index contributed by atoms with van der Waals surface area (Å²) in [5, 5.41) is 12.8. The zero-order chi connectivity index (χ0) is 23.1. The van der Waals surface area contributed by atoms with Crippen LogP contribution < -0.4 is 21.2 Å². The second-order valence-corrected chi connectivity index (χ2v) is 8.61. The Morgan fingerprint density at radius 1 is 1.12 bits per heavy atom. The molecule has 0 radical (unpaired) electrons. The van der Waals surface area contributed by atoms with E-state index in [1.165, 1.54) is 4.68 Å². The van der Waals surface area contributed by atoms with Gasteiger partial charge in [0.25, 0.3) is 0 Å². The number of nitrogens with one attached hydrogen (secondary N) is 2. The number of amides is 3. The summed E-state index contributed by atoms with van der Waals surface area (Å²) >= 11 is 1.10. The molecular weight excluding hydrogens is 428 g/mol. The molecule has 1 heterocycles. The molecule has 0 saturated heterocycles. The zero-order valence-electron chi connectivity index (χ0n) is 18.2. The second-order valence-electron chi connectivity index (χ2n) is 7.30. The highest BCUT2D eigenvalue weighted by Gasteiger charge is 2.21. The minimum absolute atomic E-state index is 0.134. The van der Waals surface area contributed by atoms with Gasteiger partial charge in [-0.3, -0.25) is 10.1 Å². The van der Waals surface area contributed by atoms with E-state index in [4.69, 9.17) is 10.6 Å². The van der Waals surface area contributed by atoms with Crippen LogP contribution in [0.25, 0.3) is 0 Å². The number of nitrogens with two attached hydrogens (primary N) is 1. The van der Waals surface area contributed by atoms with Crippen LogP contribution in [0.3, 0.4) is 0 Å². The largest absolute Gasteiger partial charge is 0.486 e. The number of carbonyl (C=O) groups excluding carboxylic acids is 2. The monoisotopic (exact) mass is 454 g/mol. The van der Waals surface area contributed by atoms with Crippen LogP contribution >= 0.6 is 11.8 Å². The Morgan fingerprint density at radius 3 is 2.50 bits per heavy atom. The van der Waals surface area contributed by atoms with Crippen molar-refractivity contribution in [1.82, 2.24) is 25.5 Å². The maximum atomic E-state index is 12.3. The van der Waals surface area contributed by atoms with E-state index in [1.54, 1.807) is 6.92 Å². The van der Waals surface area contributed by atoms with Crippen molar-refractivity contribution in [2.24, 2.45) is 0 Å². The number of aromatic nitrogens is 3. The van der Waals surface area contributed by atoms with Crippen LogP contribution in [0.2, 0.25) is 0 Å². The highest BCUT2D eigenvalue weighted by molar-refractivity contribution is 8.00. The number of hydrogen-bond acceptors (Lipinski definition) is 7. The number of aryl methyl sites for hydroxylation is 2. The van der Waals surface area contributed by atoms with Gasteiger partial charge in [-0.1, -0.05) is 48.2 Å². The van der Waals surface area contributed by atoms with Crippen molar-refractivity contribution < 1.29 is 14.3 Å². The molecule has 0 fully saturated rings. The van der Waals surface area contributed by atoms with Crippen LogP contribution in [-0.4, -0.2) is 32.1 Å². The van der Waals surface area contributed by atoms with Crippen molar-refractivity contribution in [2.45, 2.75) is 44.3 Å². The molecule has 10 heteroatoms. The fourth-order valence-corrected chi connectivity index (χ4v) is 3.69. The lowest BCUT2D eigenvalue weighted by Gasteiger charge is -2.12. The first-order chi connectivity index (χ1) is 15.3. The summed E-state index contributed by atoms with van der Waals surface area (Å²) < 4.78 is 7.06. The second kappa shape index (κ2) is 10.7. The third-order valence-corrected chi connectivity index (χ3v) is 5.54. The molecule has 0 spiro atoms. The summed E-state index contributed by atoms with van der Waals surface area (Å²) in [7, 11) is 0. The number of carbonyl (C=O) groups is 2. The number of hydrogen-bond donors (Lipinski definition) is 3. The summed E-state index contributed by atoms with van der Waals surface area (Å²) in [6.07, 6.45) is 0. The van der Waals surface area contributed by atoms with Gasteiger partial charge in [0.05, 0.1) is 5.25 Å². The summed E-state index contributed by atoms with van der Waals surface area (Å²) in [4.78, 5) is 24.3. The number of nitrogen functional groups attached to an aromatic ring is 1. The Bertz CT molecular complexity index is 1070. The summed E-state index contributed by atoms with van der Waals surface area (Å²) in [5.74, 6) is 6.74. The van der Waals surface area contributed by atoms with Gasteiger partial charge in [-0.25, -0.2) is 9.47 Å². The van der Waals surface area contributed by atoms with E-state index in [1.807, 2.05) is 56.3 Å². The standard InChI is InChI=1S/C22H26N6O3S/c1-14-9-15(2)11-18(10-14)31-13-19-26-27-22(28(19)23)32-16(3)20(29)25-21(30)24-12-17-7-5-4-6-8-17/h4-11,16H,12-13,23H2,1-3H3,(H2,24,25,29,30). The van der Waals surface area contributed by atoms with Crippen LogP contribution in [0.15, 0.2) is 53.7 Å². The smallest absolute Gasteiger partial charge is 0.321 e. The minimum atomic E-state index is -0.614. The number of urea groups is 1. The van der Waals surface area contributed by atoms with Crippen molar-refractivity contribution in [3.63, 3.8) is 0 Å². The lowest BCUT2D eigenvalue weighted by molar-refractivity contribution is -0.119. The van der Waals surface area contributed by atoms with Crippen molar-refractivity contribution in [1.29, 1.82) is 0 Å². The summed E-state index contributed by atoms with van der Waals surface area (Å²) in [6.45, 7) is 6.10. The molecule has 3 aromatic rings. The van der Waals surface area contributed by atoms with Crippen LogP contribution in [0.4, 0.5) is 4.79 Å². The average Bonchev–Trinajstić information content (AvgIpc) is 3.10. The summed E-state index contributed by atoms with van der Waals surface area (Å²) in [5.41, 5.74) is 3.13. The van der Waals surface area contributed by atoms with E-state index in [0.29, 0.717) is 23.3 Å². The average molecular weight is 455 g/mol. The lowest BCUT2D eigenvalue weighted by atomic mass is 10.1. The molecule has 1 aromatic heterocycles. The number of rotatable bonds is 8. The van der Waals surface area contributed by atoms with E-state index in [0.717, 1.165) is 28.5 Å². The van der Waals surface area contributed by atoms with Crippen molar-refractivity contribution in [3.05, 3.63) is 71.0 Å². The normalized spacial score (nSPS) is 11.6. The zero-order valence-corrected chi connectivity index (χ0v) is 19.0. The molecule has 3 amide bonds. The third-order valence-electron chi connectivity index (χ3n) is 4.48. The molecule has 0 saturated carbocycles. The Hall–Kier alpha value is -3.53. The molecule has 9 nitrogen and oxygen atoms in total. The van der Waals surface area contributed by atoms with Gasteiger partial charge in [-0.05, 0) is 49.6 Å². The van der Waals surface area contributed by atoms with Crippen molar-refractivity contribution >= 4 is 23.7 Å². The molecule has 0 aliphatic rings. The number of benzene rings is 2. The van der Waals surface area contributed by atoms with E-state index in [9.17, 15) is 9.59 Å². The van der Waals surface area contributed by atoms with Gasteiger partial charge in [0.2, 0.25) is 11.1 Å². The van der Waals surface area contributed by atoms with E-state index < -0.39 is 17.2 Å². The van der Waals surface area contributed by atoms with Crippen LogP contribution in [0, 0.1) is 13.8 Å². The first-order valence-electron chi connectivity index (χ1n) is 10.0. The molecule has 0 bridgehead atoms. The molecule has 2 aromatic carbocycles. The Kier molecular flexibility index (Phi) is 7.72. The molecule has 1 unspecified atom stereocenters. The fourth-order valence-electron chi connectivity index (χ4n) is 2.90. The maximum absolute atomic E-state index is 12.3. The molecule has 0 aliphatic heterocycles. The number of nitrogens with zero attached hydrogens (tertiary/aromatic N) is 3. The maximum Gasteiger partial charge on any atom is 0.321 e. The van der Waals surface area contributed by atoms with E-state index >= 15 is 0 Å². The van der Waals surface area contributed by atoms with Crippen LogP contribution in [0.1, 0.15) is 29.4 Å². The van der Waals surface area contributed by atoms with Crippen LogP contribution in [-0.2, 0) is 17.9 Å². The number of ether oxygens (including phenoxy) is 1. The molecule has 4 N–H and O–H groups in total. The number of thioether (sulfide) groups is 1. The first-order valence-corrected chi connectivity index (χ1v) is 10.9. The Balaban J connectivity index is 1.50. The van der Waals surface area contributed by atoms with Gasteiger partial charge in [0.1, 0.15) is 12.4 Å². The SMILES string of the molecule is Cc1cc(C)cc(OCc2nnc(SC(C)C(=O)NC(=O)NCc3ccccc3)n2N)c1. The highest BCUT2D eigenvalue weighted by Crippen LogP contribution is 2.22. The third kappa shape index (κ3) is 6.48. The van der Waals surface area contributed by atoms with Gasteiger partial charge in [-0.15, -0.1) is 10.2 Å². The quantitative estimate of drug-likeness (QED) is 0.353. The topological polar surface area (TPSA) is 124 Å². The van der Waals surface area contributed by atoms with Crippen LogP contribution in [0.5, 0.6) is 5.75 Å². The molecule has 32 heavy (non-hydrogen) atoms. The summed E-state index contributed by atoms with van der Waals surface area (Å²) in [6, 6.07) is 14.8. The lowest BCUT2D eigenvalue weighted by Crippen LogP contribution is -2.42. The fraction of sp³-hybridized carbons (Fsp3) is 0.273. The van der Waals surface area contributed by atoms with Crippen molar-refractivity contribution in [2.75, 3.05) is 5.84 Å². The number of imide groups is 1. The predicted molar refractivity (Wildman–Crippen MR) is 123 cm³/mol. The van der Waals surface area contributed by atoms with Gasteiger partial charge in [0.15, 0.2) is 5.82 Å². The molecule has 1 atom stereocenters. The molecule has 0 aliphatic carbocycles. The van der Waals surface area contributed by atoms with Gasteiger partial charge in [0, 0.05) is 6.54 Å².